The van der Waals surface area contributed by atoms with Crippen LogP contribution < -0.4 is 5.32 Å². The first-order valence-electron chi connectivity index (χ1n) is 7.35. The summed E-state index contributed by atoms with van der Waals surface area (Å²) in [6, 6.07) is 7.29. The zero-order chi connectivity index (χ0) is 18.5. The molecule has 1 amide bonds. The number of hydrogen-bond donors (Lipinski definition) is 1. The minimum Gasteiger partial charge on any atom is -0.466 e. The van der Waals surface area contributed by atoms with Gasteiger partial charge in [0, 0.05) is 18.6 Å². The number of nitrogens with zero attached hydrogens (tertiary/aromatic N) is 4. The van der Waals surface area contributed by atoms with Crippen LogP contribution in [0.15, 0.2) is 49.9 Å². The summed E-state index contributed by atoms with van der Waals surface area (Å²) in [5.41, 5.74) is 1.60. The quantitative estimate of drug-likeness (QED) is 0.376. The highest BCUT2D eigenvalue weighted by Gasteiger charge is 2.24. The van der Waals surface area contributed by atoms with E-state index >= 15 is 0 Å². The Morgan fingerprint density at radius 2 is 2.08 bits per heavy atom. The molecule has 0 aliphatic carbocycles. The summed E-state index contributed by atoms with van der Waals surface area (Å²) in [4.78, 5) is 23.1. The average Bonchev–Trinajstić information content (AvgIpc) is 3.21. The highest BCUT2D eigenvalue weighted by atomic mass is 32.2. The van der Waals surface area contributed by atoms with Crippen LogP contribution in [0.2, 0.25) is 0 Å². The van der Waals surface area contributed by atoms with Crippen LogP contribution in [0.25, 0.3) is 11.5 Å². The predicted molar refractivity (Wildman–Crippen MR) is 95.3 cm³/mol. The van der Waals surface area contributed by atoms with E-state index in [0.717, 1.165) is 29.0 Å². The van der Waals surface area contributed by atoms with Gasteiger partial charge in [0.25, 0.3) is 5.91 Å². The molecule has 0 spiro atoms. The SMILES string of the molecule is COC(=O)/C=C1/S/C(=N\N=Cc2ccc(-c3nnc(C)o3)cc2)NC1=O. The molecule has 2 heterocycles. The fourth-order valence-corrected chi connectivity index (χ4v) is 2.65. The summed E-state index contributed by atoms with van der Waals surface area (Å²) in [6.07, 6.45) is 2.63. The highest BCUT2D eigenvalue weighted by molar-refractivity contribution is 8.18. The van der Waals surface area contributed by atoms with Gasteiger partial charge in [0.15, 0.2) is 5.17 Å². The average molecular weight is 371 g/mol. The van der Waals surface area contributed by atoms with Crippen molar-refractivity contribution in [3.63, 3.8) is 0 Å². The largest absolute Gasteiger partial charge is 0.466 e. The van der Waals surface area contributed by atoms with Crippen molar-refractivity contribution < 1.29 is 18.7 Å². The molecule has 3 rings (SSSR count). The molecule has 1 saturated heterocycles. The summed E-state index contributed by atoms with van der Waals surface area (Å²) in [6.45, 7) is 1.72. The van der Waals surface area contributed by atoms with Crippen molar-refractivity contribution >= 4 is 35.0 Å². The van der Waals surface area contributed by atoms with E-state index in [4.69, 9.17) is 4.42 Å². The van der Waals surface area contributed by atoms with Crippen LogP contribution >= 0.6 is 11.8 Å². The second-order valence-electron chi connectivity index (χ2n) is 4.99. The number of ether oxygens (including phenoxy) is 1. The fourth-order valence-electron chi connectivity index (χ4n) is 1.91. The van der Waals surface area contributed by atoms with Gasteiger partial charge in [-0.1, -0.05) is 12.1 Å². The molecule has 1 aliphatic rings. The number of amides is 1. The number of nitrogens with one attached hydrogen (secondary N) is 1. The minimum absolute atomic E-state index is 0.199. The summed E-state index contributed by atoms with van der Waals surface area (Å²) >= 11 is 1.01. The van der Waals surface area contributed by atoms with Gasteiger partial charge in [-0.3, -0.25) is 10.1 Å². The molecule has 0 saturated carbocycles. The lowest BCUT2D eigenvalue weighted by Gasteiger charge is -1.95. The third kappa shape index (κ3) is 4.22. The van der Waals surface area contributed by atoms with Gasteiger partial charge in [0.05, 0.1) is 18.2 Å². The zero-order valence-corrected chi connectivity index (χ0v) is 14.6. The van der Waals surface area contributed by atoms with Crippen molar-refractivity contribution in [3.8, 4) is 11.5 Å². The topological polar surface area (TPSA) is 119 Å². The predicted octanol–water partition coefficient (Wildman–Crippen LogP) is 1.65. The molecule has 0 radical (unpaired) electrons. The second-order valence-corrected chi connectivity index (χ2v) is 6.02. The Bertz CT molecular complexity index is 930. The van der Waals surface area contributed by atoms with Gasteiger partial charge >= 0.3 is 5.97 Å². The number of carbonyl (C=O) groups excluding carboxylic acids is 2. The first-order valence-corrected chi connectivity index (χ1v) is 8.17. The molecular formula is C16H13N5O4S. The van der Waals surface area contributed by atoms with E-state index in [0.29, 0.717) is 11.8 Å². The molecule has 0 bridgehead atoms. The molecule has 2 aromatic rings. The number of carbonyl (C=O) groups is 2. The maximum Gasteiger partial charge on any atom is 0.331 e. The first kappa shape index (κ1) is 17.5. The Balaban J connectivity index is 1.65. The number of hydrogen-bond acceptors (Lipinski definition) is 9. The Morgan fingerprint density at radius 1 is 1.31 bits per heavy atom. The van der Waals surface area contributed by atoms with Crippen LogP contribution in [-0.2, 0) is 14.3 Å². The number of thioether (sulfide) groups is 1. The molecule has 1 N–H and O–H groups in total. The minimum atomic E-state index is -0.607. The van der Waals surface area contributed by atoms with Crippen LogP contribution in [0.3, 0.4) is 0 Å². The monoisotopic (exact) mass is 371 g/mol. The van der Waals surface area contributed by atoms with Gasteiger partial charge in [0.1, 0.15) is 0 Å². The number of amidine groups is 1. The van der Waals surface area contributed by atoms with E-state index in [1.165, 1.54) is 13.3 Å². The number of aryl methyl sites for hydroxylation is 1. The Kier molecular flexibility index (Phi) is 5.23. The number of benzene rings is 1. The lowest BCUT2D eigenvalue weighted by atomic mass is 10.1. The van der Waals surface area contributed by atoms with Crippen LogP contribution in [0.1, 0.15) is 11.5 Å². The van der Waals surface area contributed by atoms with Gasteiger partial charge in [0.2, 0.25) is 11.8 Å². The van der Waals surface area contributed by atoms with Crippen LogP contribution in [0.5, 0.6) is 0 Å². The van der Waals surface area contributed by atoms with Gasteiger partial charge < -0.3 is 9.15 Å². The summed E-state index contributed by atoms with van der Waals surface area (Å²) in [5, 5.41) is 18.4. The lowest BCUT2D eigenvalue weighted by molar-refractivity contribution is -0.135. The maximum atomic E-state index is 11.7. The van der Waals surface area contributed by atoms with Crippen molar-refractivity contribution in [2.75, 3.05) is 7.11 Å². The van der Waals surface area contributed by atoms with E-state index < -0.39 is 11.9 Å². The molecule has 1 aliphatic heterocycles. The van der Waals surface area contributed by atoms with Gasteiger partial charge in [-0.2, -0.15) is 5.10 Å². The lowest BCUT2D eigenvalue weighted by Crippen LogP contribution is -2.19. The summed E-state index contributed by atoms with van der Waals surface area (Å²) in [7, 11) is 1.24. The molecule has 132 valence electrons. The van der Waals surface area contributed by atoms with Gasteiger partial charge in [-0.05, 0) is 29.5 Å². The van der Waals surface area contributed by atoms with Crippen molar-refractivity contribution in [1.29, 1.82) is 0 Å². The molecule has 26 heavy (non-hydrogen) atoms. The van der Waals surface area contributed by atoms with E-state index in [1.807, 2.05) is 24.3 Å². The number of esters is 1. The smallest absolute Gasteiger partial charge is 0.331 e. The van der Waals surface area contributed by atoms with Crippen LogP contribution in [0, 0.1) is 6.92 Å². The van der Waals surface area contributed by atoms with Crippen molar-refractivity contribution in [1.82, 2.24) is 15.5 Å². The molecule has 1 fully saturated rings. The van der Waals surface area contributed by atoms with Crippen LogP contribution in [-0.4, -0.2) is 40.6 Å². The number of aromatic nitrogens is 2. The third-order valence-corrected chi connectivity index (χ3v) is 4.04. The molecule has 0 unspecified atom stereocenters. The zero-order valence-electron chi connectivity index (χ0n) is 13.8. The van der Waals surface area contributed by atoms with E-state index in [-0.39, 0.29) is 10.1 Å². The van der Waals surface area contributed by atoms with Gasteiger partial charge in [-0.25, -0.2) is 4.79 Å². The Hall–Kier alpha value is -3.27. The molecule has 9 nitrogen and oxygen atoms in total. The molecule has 1 aromatic heterocycles. The van der Waals surface area contributed by atoms with Crippen LogP contribution in [0.4, 0.5) is 0 Å². The molecule has 0 atom stereocenters. The third-order valence-electron chi connectivity index (χ3n) is 3.14. The standard InChI is InChI=1S/C16H13N5O4S/c1-9-19-20-15(25-9)11-5-3-10(4-6-11)8-17-21-16-18-14(23)12(26-16)7-13(22)24-2/h3-8H,1-2H3,(H,18,21,23)/b12-7+,17-8?. The fraction of sp³-hybridized carbons (Fsp3) is 0.125. The van der Waals surface area contributed by atoms with Crippen molar-refractivity contribution in [3.05, 3.63) is 46.7 Å². The maximum absolute atomic E-state index is 11.7. The van der Waals surface area contributed by atoms with E-state index in [1.54, 1.807) is 6.92 Å². The van der Waals surface area contributed by atoms with Crippen molar-refractivity contribution in [2.45, 2.75) is 6.92 Å². The first-order chi connectivity index (χ1) is 12.5. The summed E-state index contributed by atoms with van der Waals surface area (Å²) < 4.78 is 9.84. The van der Waals surface area contributed by atoms with E-state index in [9.17, 15) is 9.59 Å². The number of rotatable bonds is 4. The molecule has 1 aromatic carbocycles. The molecule has 10 heteroatoms. The highest BCUT2D eigenvalue weighted by Crippen LogP contribution is 2.23. The van der Waals surface area contributed by atoms with Gasteiger partial charge in [-0.15, -0.1) is 15.3 Å². The Labute approximate surface area is 152 Å². The molecular weight excluding hydrogens is 358 g/mol. The number of methoxy groups -OCH3 is 1. The van der Waals surface area contributed by atoms with Crippen molar-refractivity contribution in [2.24, 2.45) is 10.2 Å². The second kappa shape index (κ2) is 7.74. The normalized spacial score (nSPS) is 17.2. The van der Waals surface area contributed by atoms with E-state index in [2.05, 4.69) is 30.5 Å². The Morgan fingerprint density at radius 3 is 2.73 bits per heavy atom. The summed E-state index contributed by atoms with van der Waals surface area (Å²) in [5.74, 6) is -0.0862.